The second kappa shape index (κ2) is 6.81. The molecule has 0 N–H and O–H groups in total. The second-order valence-electron chi connectivity index (χ2n) is 8.25. The van der Waals surface area contributed by atoms with E-state index in [2.05, 4.69) is 0 Å². The molecule has 0 bridgehead atoms. The molecule has 0 amide bonds. The molecule has 0 saturated carbocycles. The van der Waals surface area contributed by atoms with E-state index in [0.717, 1.165) is 0 Å². The minimum Gasteiger partial charge on any atom is -0.457 e. The molecule has 0 aliphatic rings. The number of hydrogen-bond donors (Lipinski definition) is 0. The molecule has 0 saturated heterocycles. The molecule has 0 unspecified atom stereocenters. The van der Waals surface area contributed by atoms with Crippen LogP contribution in [0, 0.1) is 16.2 Å². The van der Waals surface area contributed by atoms with Crippen LogP contribution in [-0.2, 0) is 27.7 Å². The SMILES string of the molecule is CC(C)(C)C(=O)O[SiH](OC(=O)C(C)(C)C)OC(=O)C(C)(C)C. The minimum absolute atomic E-state index is 0.576. The van der Waals surface area contributed by atoms with Crippen LogP contribution >= 0.6 is 0 Å². The van der Waals surface area contributed by atoms with Crippen LogP contribution in [-0.4, -0.2) is 27.4 Å². The van der Waals surface area contributed by atoms with Crippen LogP contribution in [0.15, 0.2) is 0 Å². The average Bonchev–Trinajstić information content (AvgIpc) is 2.24. The van der Waals surface area contributed by atoms with Crippen LogP contribution in [0.3, 0.4) is 0 Å². The number of carbonyl (C=O) groups is 3. The number of rotatable bonds is 3. The fourth-order valence-corrected chi connectivity index (χ4v) is 2.59. The monoisotopic (exact) mass is 332 g/mol. The highest BCUT2D eigenvalue weighted by molar-refractivity contribution is 6.44. The van der Waals surface area contributed by atoms with E-state index in [1.54, 1.807) is 62.3 Å². The highest BCUT2D eigenvalue weighted by Gasteiger charge is 2.39. The first-order chi connectivity index (χ1) is 9.55. The third-order valence-corrected chi connectivity index (χ3v) is 3.67. The Bertz CT molecular complexity index is 370. The van der Waals surface area contributed by atoms with Gasteiger partial charge in [-0.05, 0) is 62.3 Å². The number of hydrogen-bond acceptors (Lipinski definition) is 6. The normalized spacial score (nSPS) is 12.8. The maximum absolute atomic E-state index is 12.0. The fourth-order valence-electron chi connectivity index (χ4n) is 0.865. The highest BCUT2D eigenvalue weighted by Crippen LogP contribution is 2.21. The van der Waals surface area contributed by atoms with Crippen LogP contribution in [0.5, 0.6) is 0 Å². The summed E-state index contributed by atoms with van der Waals surface area (Å²) in [6.07, 6.45) is 0. The van der Waals surface area contributed by atoms with Crippen LogP contribution < -0.4 is 0 Å². The Labute approximate surface area is 134 Å². The average molecular weight is 332 g/mol. The molecule has 0 rings (SSSR count). The molecule has 0 atom stereocenters. The summed E-state index contributed by atoms with van der Waals surface area (Å²) in [4.78, 5) is 35.9. The lowest BCUT2D eigenvalue weighted by Crippen LogP contribution is -2.42. The van der Waals surface area contributed by atoms with E-state index in [0.29, 0.717) is 0 Å². The molecule has 22 heavy (non-hydrogen) atoms. The number of carbonyl (C=O) groups excluding carboxylic acids is 3. The van der Waals surface area contributed by atoms with Gasteiger partial charge in [0.15, 0.2) is 0 Å². The first kappa shape index (κ1) is 20.6. The molecule has 6 nitrogen and oxygen atoms in total. The Kier molecular flexibility index (Phi) is 6.38. The van der Waals surface area contributed by atoms with Crippen molar-refractivity contribution in [3.63, 3.8) is 0 Å². The predicted molar refractivity (Wildman–Crippen MR) is 83.8 cm³/mol. The first-order valence-corrected chi connectivity index (χ1v) is 8.60. The van der Waals surface area contributed by atoms with Gasteiger partial charge in [0.25, 0.3) is 0 Å². The molecule has 0 aliphatic heterocycles. The van der Waals surface area contributed by atoms with Crippen LogP contribution in [0.25, 0.3) is 0 Å². The Morgan fingerprint density at radius 2 is 0.727 bits per heavy atom. The van der Waals surface area contributed by atoms with Crippen molar-refractivity contribution in [1.82, 2.24) is 0 Å². The summed E-state index contributed by atoms with van der Waals surface area (Å²) in [5.41, 5.74) is -2.35. The second-order valence-corrected chi connectivity index (χ2v) is 9.54. The maximum Gasteiger partial charge on any atom is 0.689 e. The quantitative estimate of drug-likeness (QED) is 0.739. The van der Waals surface area contributed by atoms with Crippen molar-refractivity contribution in [2.45, 2.75) is 62.3 Å². The van der Waals surface area contributed by atoms with Gasteiger partial charge >= 0.3 is 27.4 Å². The van der Waals surface area contributed by atoms with Gasteiger partial charge in [0.2, 0.25) is 0 Å². The molecule has 7 heteroatoms. The molecule has 128 valence electrons. The first-order valence-electron chi connectivity index (χ1n) is 7.18. The van der Waals surface area contributed by atoms with Crippen molar-refractivity contribution in [3.8, 4) is 0 Å². The Balaban J connectivity index is 5.12. The lowest BCUT2D eigenvalue weighted by Gasteiger charge is -2.26. The van der Waals surface area contributed by atoms with Gasteiger partial charge < -0.3 is 13.3 Å². The van der Waals surface area contributed by atoms with Crippen molar-refractivity contribution in [1.29, 1.82) is 0 Å². The smallest absolute Gasteiger partial charge is 0.457 e. The van der Waals surface area contributed by atoms with E-state index < -0.39 is 43.7 Å². The molecule has 0 radical (unpaired) electrons. The standard InChI is InChI=1S/C15H28O6Si/c1-13(2,3)10(16)19-22(20-11(17)14(4,5)6)21-12(18)15(7,8)9/h22H,1-9H3. The topological polar surface area (TPSA) is 78.9 Å². The summed E-state index contributed by atoms with van der Waals surface area (Å²) in [6, 6.07) is 0. The zero-order chi connectivity index (χ0) is 17.9. The van der Waals surface area contributed by atoms with Gasteiger partial charge in [-0.1, -0.05) is 0 Å². The van der Waals surface area contributed by atoms with E-state index in [-0.39, 0.29) is 0 Å². The van der Waals surface area contributed by atoms with Crippen molar-refractivity contribution >= 4 is 27.4 Å². The van der Waals surface area contributed by atoms with Crippen molar-refractivity contribution in [3.05, 3.63) is 0 Å². The largest absolute Gasteiger partial charge is 0.689 e. The van der Waals surface area contributed by atoms with E-state index >= 15 is 0 Å². The van der Waals surface area contributed by atoms with E-state index in [1.807, 2.05) is 0 Å². The van der Waals surface area contributed by atoms with Gasteiger partial charge in [-0.3, -0.25) is 14.4 Å². The molecule has 0 aromatic carbocycles. The molecule has 0 aromatic rings. The summed E-state index contributed by atoms with van der Waals surface area (Å²) in [7, 11) is -3.26. The maximum atomic E-state index is 12.0. The van der Waals surface area contributed by atoms with E-state index in [9.17, 15) is 14.4 Å². The van der Waals surface area contributed by atoms with Crippen LogP contribution in [0.2, 0.25) is 0 Å². The predicted octanol–water partition coefficient (Wildman–Crippen LogP) is 2.47. The lowest BCUT2D eigenvalue weighted by molar-refractivity contribution is -0.158. The van der Waals surface area contributed by atoms with Gasteiger partial charge in [0.1, 0.15) is 0 Å². The lowest BCUT2D eigenvalue weighted by atomic mass is 9.98. The fraction of sp³-hybridized carbons (Fsp3) is 0.800. The zero-order valence-electron chi connectivity index (χ0n) is 15.0. The molecule has 0 aromatic heterocycles. The van der Waals surface area contributed by atoms with Gasteiger partial charge in [-0.2, -0.15) is 0 Å². The highest BCUT2D eigenvalue weighted by atomic mass is 28.3. The van der Waals surface area contributed by atoms with Crippen molar-refractivity contribution in [2.24, 2.45) is 16.2 Å². The Morgan fingerprint density at radius 3 is 0.864 bits per heavy atom. The van der Waals surface area contributed by atoms with Gasteiger partial charge in [-0.25, -0.2) is 0 Å². The van der Waals surface area contributed by atoms with Gasteiger partial charge in [0.05, 0.1) is 16.2 Å². The van der Waals surface area contributed by atoms with Gasteiger partial charge in [0, 0.05) is 0 Å². The molecule has 0 spiro atoms. The van der Waals surface area contributed by atoms with Crippen LogP contribution in [0.1, 0.15) is 62.3 Å². The molecular formula is C15H28O6Si. The third kappa shape index (κ3) is 7.06. The molecule has 0 fully saturated rings. The van der Waals surface area contributed by atoms with Crippen LogP contribution in [0.4, 0.5) is 0 Å². The summed E-state index contributed by atoms with van der Waals surface area (Å²) in [5.74, 6) is -1.73. The van der Waals surface area contributed by atoms with E-state index in [1.165, 1.54) is 0 Å². The Morgan fingerprint density at radius 1 is 0.545 bits per heavy atom. The summed E-state index contributed by atoms with van der Waals surface area (Å²) in [5, 5.41) is 0. The molecular weight excluding hydrogens is 304 g/mol. The molecule has 0 heterocycles. The summed E-state index contributed by atoms with van der Waals surface area (Å²) >= 11 is 0. The minimum atomic E-state index is -3.26. The molecule has 0 aliphatic carbocycles. The Hall–Kier alpha value is -1.37. The van der Waals surface area contributed by atoms with E-state index in [4.69, 9.17) is 13.3 Å². The zero-order valence-corrected chi connectivity index (χ0v) is 16.2. The summed E-state index contributed by atoms with van der Waals surface area (Å²) < 4.78 is 15.5. The van der Waals surface area contributed by atoms with Gasteiger partial charge in [-0.15, -0.1) is 0 Å². The third-order valence-electron chi connectivity index (χ3n) is 2.45. The van der Waals surface area contributed by atoms with Crippen molar-refractivity contribution < 1.29 is 27.7 Å². The van der Waals surface area contributed by atoms with Crippen molar-refractivity contribution in [2.75, 3.05) is 0 Å². The summed E-state index contributed by atoms with van der Waals surface area (Å²) in [6.45, 7) is 15.0.